The van der Waals surface area contributed by atoms with Gasteiger partial charge in [-0.3, -0.25) is 9.59 Å². The van der Waals surface area contributed by atoms with Crippen LogP contribution < -0.4 is 47.4 Å². The maximum Gasteiger partial charge on any atom is 0.499 e. The van der Waals surface area contributed by atoms with Crippen molar-refractivity contribution in [2.75, 3.05) is 59.3 Å². The molecule has 426 valence electrons. The second-order valence-electron chi connectivity index (χ2n) is 19.2. The molecule has 0 saturated heterocycles. The topological polar surface area (TPSA) is 268 Å². The average molecular weight is 1160 g/mol. The fourth-order valence-electron chi connectivity index (χ4n) is 7.78. The highest BCUT2D eigenvalue weighted by molar-refractivity contribution is 6.66. The van der Waals surface area contributed by atoms with Gasteiger partial charge in [0.1, 0.15) is 59.5 Å². The van der Waals surface area contributed by atoms with Gasteiger partial charge in [-0.2, -0.15) is 26.3 Å². The summed E-state index contributed by atoms with van der Waals surface area (Å²) in [6, 6.07) is 10.6. The van der Waals surface area contributed by atoms with Crippen molar-refractivity contribution in [3.05, 3.63) is 68.2 Å². The second kappa shape index (κ2) is 26.4. The maximum atomic E-state index is 11.9. The highest BCUT2D eigenvalue weighted by Crippen LogP contribution is 2.40. The fraction of sp³-hybridized carbons (Fsp3) is 0.543. The van der Waals surface area contributed by atoms with Crippen LogP contribution in [-0.4, -0.2) is 149 Å². The lowest BCUT2D eigenvalue weighted by Gasteiger charge is -2.27. The first-order valence-electron chi connectivity index (χ1n) is 23.0. The van der Waals surface area contributed by atoms with Gasteiger partial charge in [-0.1, -0.05) is 42.2 Å². The smallest absolute Gasteiger partial charge is 0.491 e. The number of ether oxygens (including phenoxy) is 4. The SMILES string of the molecule is C.CC(C)(C)OC(=O)NCC1OB2OC(C)(CO)COc3ccc(Cl)c1c32.C[C@@]1(CO)COc2ccc(Cl)c3c2B(O[C@@H]3CN)O1.C[C@]1(CO)COc2ccc(Cl)c3c2B(O[C@@H]3CN)O1.O=CC(F)(F)F.O=CC(F)(F)F. The number of aliphatic hydroxyl groups excluding tert-OH is 3. The minimum atomic E-state index is -4.64. The number of hydrogen-bond donors (Lipinski definition) is 6. The highest BCUT2D eigenvalue weighted by Gasteiger charge is 2.50. The Kier molecular flexibility index (Phi) is 22.4. The number of benzene rings is 3. The number of aliphatic hydroxyl groups is 3. The van der Waals surface area contributed by atoms with Crippen molar-refractivity contribution < 1.29 is 103 Å². The summed E-state index contributed by atoms with van der Waals surface area (Å²) >= 11 is 18.8. The van der Waals surface area contributed by atoms with Crippen molar-refractivity contribution in [3.8, 4) is 17.2 Å². The number of carbonyl (C=O) groups is 3. The number of rotatable bonds is 7. The van der Waals surface area contributed by atoms with Crippen molar-refractivity contribution in [2.45, 2.75) is 102 Å². The van der Waals surface area contributed by atoms with Crippen LogP contribution in [0.5, 0.6) is 17.2 Å². The minimum absolute atomic E-state index is 0. The second-order valence-corrected chi connectivity index (χ2v) is 20.4. The van der Waals surface area contributed by atoms with Crippen LogP contribution in [0.25, 0.3) is 0 Å². The summed E-state index contributed by atoms with van der Waals surface area (Å²) in [7, 11) is -1.93. The molecule has 0 aliphatic carbocycles. The van der Waals surface area contributed by atoms with Crippen LogP contribution in [0.15, 0.2) is 36.4 Å². The van der Waals surface area contributed by atoms with Crippen LogP contribution in [0.1, 0.15) is 84.0 Å². The van der Waals surface area contributed by atoms with Gasteiger partial charge in [0.05, 0.1) is 38.1 Å². The van der Waals surface area contributed by atoms with Gasteiger partial charge in [0.25, 0.3) is 0 Å². The van der Waals surface area contributed by atoms with Crippen LogP contribution in [0.4, 0.5) is 31.1 Å². The Balaban J connectivity index is 0.000000226. The molecule has 1 amide bonds. The van der Waals surface area contributed by atoms with Crippen molar-refractivity contribution in [1.29, 1.82) is 0 Å². The number of carbonyl (C=O) groups excluding carboxylic acids is 3. The molecule has 6 atom stereocenters. The zero-order valence-corrected chi connectivity index (χ0v) is 43.9. The van der Waals surface area contributed by atoms with Crippen LogP contribution in [-0.2, 0) is 42.3 Å². The van der Waals surface area contributed by atoms with Gasteiger partial charge in [0.15, 0.2) is 0 Å². The number of alkyl carbamates (subject to hydrolysis) is 1. The summed E-state index contributed by atoms with van der Waals surface area (Å²) in [5.41, 5.74) is 13.0. The summed E-state index contributed by atoms with van der Waals surface area (Å²) < 4.78 is 120. The predicted molar refractivity (Wildman–Crippen MR) is 272 cm³/mol. The van der Waals surface area contributed by atoms with Crippen molar-refractivity contribution >= 4 is 91.2 Å². The van der Waals surface area contributed by atoms with Gasteiger partial charge in [-0.05, 0) is 77.9 Å². The minimum Gasteiger partial charge on any atom is -0.491 e. The maximum absolute atomic E-state index is 11.9. The molecule has 0 aromatic heterocycles. The lowest BCUT2D eigenvalue weighted by molar-refractivity contribution is -0.156. The number of halogens is 9. The summed E-state index contributed by atoms with van der Waals surface area (Å²) in [5.74, 6) is 1.96. The summed E-state index contributed by atoms with van der Waals surface area (Å²) in [4.78, 5) is 29.3. The molecular weight excluding hydrogens is 1100 g/mol. The van der Waals surface area contributed by atoms with Crippen molar-refractivity contribution in [3.63, 3.8) is 0 Å². The predicted octanol–water partition coefficient (Wildman–Crippen LogP) is 4.37. The van der Waals surface area contributed by atoms with E-state index in [1.807, 2.05) is 0 Å². The normalized spacial score (nSPS) is 24.3. The van der Waals surface area contributed by atoms with E-state index in [-0.39, 0.29) is 65.8 Å². The molecule has 3 aromatic rings. The lowest BCUT2D eigenvalue weighted by atomic mass is 9.77. The van der Waals surface area contributed by atoms with E-state index in [0.29, 0.717) is 56.4 Å². The third-order valence-corrected chi connectivity index (χ3v) is 12.4. The number of nitrogens with one attached hydrogen (secondary N) is 1. The average Bonchev–Trinajstić information content (AvgIpc) is 3.94. The molecule has 0 saturated carbocycles. The Morgan fingerprint density at radius 2 is 0.922 bits per heavy atom. The van der Waals surface area contributed by atoms with Gasteiger partial charge in [0, 0.05) is 67.8 Å². The van der Waals surface area contributed by atoms with E-state index < -0.39 is 80.9 Å². The molecular formula is C46H59B3Cl3F6N3O16. The summed E-state index contributed by atoms with van der Waals surface area (Å²) in [6.07, 6.45) is -13.1. The first-order valence-corrected chi connectivity index (χ1v) is 24.1. The Morgan fingerprint density at radius 3 is 1.18 bits per heavy atom. The Hall–Kier alpha value is -4.13. The largest absolute Gasteiger partial charge is 0.499 e. The van der Waals surface area contributed by atoms with Crippen LogP contribution in [0, 0.1) is 0 Å². The molecule has 31 heteroatoms. The molecule has 0 radical (unpaired) electrons. The molecule has 0 spiro atoms. The third-order valence-electron chi connectivity index (χ3n) is 11.4. The number of alkyl halides is 6. The van der Waals surface area contributed by atoms with Gasteiger partial charge in [-0.15, -0.1) is 0 Å². The molecule has 9 rings (SSSR count). The Labute approximate surface area is 456 Å². The van der Waals surface area contributed by atoms with E-state index in [4.69, 9.17) is 103 Å². The first-order chi connectivity index (χ1) is 35.4. The van der Waals surface area contributed by atoms with E-state index in [2.05, 4.69) is 5.32 Å². The molecule has 6 heterocycles. The third kappa shape index (κ3) is 16.7. The monoisotopic (exact) mass is 1160 g/mol. The highest BCUT2D eigenvalue weighted by atomic mass is 35.5. The number of aldehydes is 2. The van der Waals surface area contributed by atoms with E-state index in [1.165, 1.54) is 0 Å². The van der Waals surface area contributed by atoms with Gasteiger partial charge in [0.2, 0.25) is 12.6 Å². The quantitative estimate of drug-likeness (QED) is 0.109. The fourth-order valence-corrected chi connectivity index (χ4v) is 8.64. The van der Waals surface area contributed by atoms with Gasteiger partial charge >= 0.3 is 39.8 Å². The van der Waals surface area contributed by atoms with E-state index >= 15 is 0 Å². The van der Waals surface area contributed by atoms with E-state index in [1.54, 1.807) is 77.9 Å². The first kappa shape index (κ1) is 65.4. The lowest BCUT2D eigenvalue weighted by Crippen LogP contribution is -2.45. The number of nitrogens with two attached hydrogens (primary N) is 2. The zero-order chi connectivity index (χ0) is 56.8. The van der Waals surface area contributed by atoms with Crippen LogP contribution in [0.3, 0.4) is 0 Å². The molecule has 8 N–H and O–H groups in total. The molecule has 2 unspecified atom stereocenters. The van der Waals surface area contributed by atoms with E-state index in [0.717, 1.165) is 22.1 Å². The molecule has 3 aromatic carbocycles. The summed E-state index contributed by atoms with van der Waals surface area (Å²) in [6.45, 7) is 11.6. The Morgan fingerprint density at radius 1 is 0.636 bits per heavy atom. The standard InChI is InChI=1S/C17H23BClNO6.2C12H15BClNO4.2C2HF3O.CH4/c1-16(2,3)24-15(22)20-7-12-13-10(19)5-6-11-14(13)18(25-12)26-17(4,8-21)9-23-11;2*1-12(5-16)6-17-8-3-2-7(14)10-9(4-15)18-13(19-12)11(8)10;2*3-2(4,5)1-6;/h5-6,12,21H,7-9H2,1-4H3,(H,20,22);2*2-3,9,16H,4-6,15H2,1H3;2*1H;1H4/t;9-,12+;9-,12-;;;/m.11.../s1. The molecule has 6 aliphatic rings. The summed E-state index contributed by atoms with van der Waals surface area (Å²) in [5, 5.41) is 32.9. The molecule has 19 nitrogen and oxygen atoms in total. The van der Waals surface area contributed by atoms with Crippen LogP contribution in [0.2, 0.25) is 15.1 Å². The van der Waals surface area contributed by atoms with Gasteiger partial charge < -0.3 is 79.0 Å². The van der Waals surface area contributed by atoms with Crippen molar-refractivity contribution in [1.82, 2.24) is 5.32 Å². The number of hydrogen-bond acceptors (Lipinski definition) is 18. The number of amides is 1. The molecule has 6 aliphatic heterocycles. The van der Waals surface area contributed by atoms with Crippen molar-refractivity contribution in [2.24, 2.45) is 11.5 Å². The van der Waals surface area contributed by atoms with Crippen LogP contribution >= 0.6 is 34.8 Å². The van der Waals surface area contributed by atoms with Gasteiger partial charge in [-0.25, -0.2) is 4.79 Å². The van der Waals surface area contributed by atoms with E-state index in [9.17, 15) is 46.5 Å². The molecule has 77 heavy (non-hydrogen) atoms. The Bertz CT molecular complexity index is 2440. The molecule has 0 fully saturated rings. The molecule has 0 bridgehead atoms. The zero-order valence-electron chi connectivity index (χ0n) is 41.7.